The molecule has 2 heterocycles. The fraction of sp³-hybridized carbons (Fsp3) is 0.667. The Morgan fingerprint density at radius 1 is 1.44 bits per heavy atom. The number of fused-ring (bicyclic) bond motifs is 2. The summed E-state index contributed by atoms with van der Waals surface area (Å²) in [5.41, 5.74) is 0. The van der Waals surface area contributed by atoms with Crippen LogP contribution in [0.4, 0.5) is 4.39 Å². The molecule has 3 heteroatoms. The first kappa shape index (κ1) is 5.38. The largest absolute Gasteiger partial charge is 0.359 e. The smallest absolute Gasteiger partial charge is 0.229 e. The van der Waals surface area contributed by atoms with E-state index in [2.05, 4.69) is 0 Å². The molecule has 0 aromatic rings. The van der Waals surface area contributed by atoms with Crippen molar-refractivity contribution < 1.29 is 13.9 Å². The molecule has 0 N–H and O–H groups in total. The van der Waals surface area contributed by atoms with Crippen LogP contribution >= 0.6 is 0 Å². The lowest BCUT2D eigenvalue weighted by atomic mass is 10.3. The highest BCUT2D eigenvalue weighted by molar-refractivity contribution is 5.05. The van der Waals surface area contributed by atoms with Crippen molar-refractivity contribution in [2.75, 3.05) is 6.61 Å². The van der Waals surface area contributed by atoms with Gasteiger partial charge in [-0.1, -0.05) is 12.2 Å². The number of hydrogen-bond acceptors (Lipinski definition) is 2. The van der Waals surface area contributed by atoms with Gasteiger partial charge in [-0.2, -0.15) is 0 Å². The molecule has 3 atom stereocenters. The average molecular weight is 130 g/mol. The van der Waals surface area contributed by atoms with Crippen molar-refractivity contribution in [1.29, 1.82) is 0 Å². The number of ether oxygens (including phenoxy) is 2. The van der Waals surface area contributed by atoms with Crippen molar-refractivity contribution in [3.05, 3.63) is 12.2 Å². The second-order valence-electron chi connectivity index (χ2n) is 2.21. The maximum absolute atomic E-state index is 12.5. The molecule has 2 aliphatic rings. The molecule has 0 spiro atoms. The normalized spacial score (nSPS) is 47.9. The van der Waals surface area contributed by atoms with Crippen molar-refractivity contribution in [2.24, 2.45) is 0 Å². The van der Waals surface area contributed by atoms with E-state index in [-0.39, 0.29) is 6.10 Å². The molecule has 0 aromatic carbocycles. The van der Waals surface area contributed by atoms with Gasteiger partial charge in [-0.15, -0.1) is 0 Å². The zero-order chi connectivity index (χ0) is 6.27. The maximum Gasteiger partial charge on any atom is 0.229 e. The first-order valence-electron chi connectivity index (χ1n) is 2.96. The highest BCUT2D eigenvalue weighted by Gasteiger charge is 2.33. The molecule has 9 heavy (non-hydrogen) atoms. The molecule has 50 valence electrons. The molecule has 2 rings (SSSR count). The van der Waals surface area contributed by atoms with E-state index in [1.54, 1.807) is 6.08 Å². The van der Waals surface area contributed by atoms with Crippen LogP contribution in [0.2, 0.25) is 0 Å². The Balaban J connectivity index is 2.14. The van der Waals surface area contributed by atoms with Gasteiger partial charge in [0.2, 0.25) is 6.36 Å². The summed E-state index contributed by atoms with van der Waals surface area (Å²) in [6.07, 6.45) is 1.86. The number of halogens is 1. The Hall–Kier alpha value is -0.410. The maximum atomic E-state index is 12.5. The zero-order valence-electron chi connectivity index (χ0n) is 4.79. The van der Waals surface area contributed by atoms with E-state index in [1.165, 1.54) is 0 Å². The summed E-state index contributed by atoms with van der Waals surface area (Å²) >= 11 is 0. The van der Waals surface area contributed by atoms with Crippen LogP contribution in [-0.2, 0) is 9.47 Å². The van der Waals surface area contributed by atoms with Gasteiger partial charge in [-0.25, -0.2) is 4.39 Å². The van der Waals surface area contributed by atoms with E-state index in [9.17, 15) is 4.39 Å². The van der Waals surface area contributed by atoms with Crippen molar-refractivity contribution >= 4 is 0 Å². The summed E-state index contributed by atoms with van der Waals surface area (Å²) in [5.74, 6) is 0. The summed E-state index contributed by atoms with van der Waals surface area (Å²) in [5, 5.41) is 0. The molecule has 2 aliphatic heterocycles. The molecule has 2 bridgehead atoms. The van der Waals surface area contributed by atoms with E-state index in [4.69, 9.17) is 9.47 Å². The molecule has 2 nitrogen and oxygen atoms in total. The zero-order valence-corrected chi connectivity index (χ0v) is 4.79. The van der Waals surface area contributed by atoms with Gasteiger partial charge < -0.3 is 9.47 Å². The lowest BCUT2D eigenvalue weighted by Gasteiger charge is -2.23. The predicted octanol–water partition coefficient (Wildman–Crippen LogP) is 0.636. The van der Waals surface area contributed by atoms with E-state index in [1.807, 2.05) is 6.08 Å². The predicted molar refractivity (Wildman–Crippen MR) is 28.6 cm³/mol. The molecule has 0 radical (unpaired) electrons. The van der Waals surface area contributed by atoms with Gasteiger partial charge in [0, 0.05) is 0 Å². The van der Waals surface area contributed by atoms with Gasteiger partial charge in [-0.05, 0) is 0 Å². The molecule has 0 saturated carbocycles. The monoisotopic (exact) mass is 130 g/mol. The Morgan fingerprint density at radius 3 is 3.11 bits per heavy atom. The third-order valence-electron chi connectivity index (χ3n) is 1.53. The van der Waals surface area contributed by atoms with Crippen LogP contribution in [0.5, 0.6) is 0 Å². The van der Waals surface area contributed by atoms with Gasteiger partial charge in [0.1, 0.15) is 12.2 Å². The van der Waals surface area contributed by atoms with Gasteiger partial charge >= 0.3 is 0 Å². The van der Waals surface area contributed by atoms with Gasteiger partial charge in [-0.3, -0.25) is 0 Å². The fourth-order valence-electron chi connectivity index (χ4n) is 1.05. The van der Waals surface area contributed by atoms with Crippen LogP contribution in [0.25, 0.3) is 0 Å². The minimum Gasteiger partial charge on any atom is -0.359 e. The van der Waals surface area contributed by atoms with Gasteiger partial charge in [0.05, 0.1) is 6.61 Å². The van der Waals surface area contributed by atoms with Crippen LogP contribution in [0.1, 0.15) is 0 Å². The molecule has 1 saturated heterocycles. The third-order valence-corrected chi connectivity index (χ3v) is 1.53. The number of alkyl halides is 1. The van der Waals surface area contributed by atoms with Crippen LogP contribution in [-0.4, -0.2) is 25.2 Å². The lowest BCUT2D eigenvalue weighted by molar-refractivity contribution is -0.185. The minimum atomic E-state index is -1.25. The summed E-state index contributed by atoms with van der Waals surface area (Å²) < 4.78 is 22.3. The highest BCUT2D eigenvalue weighted by Crippen LogP contribution is 2.23. The van der Waals surface area contributed by atoms with E-state index in [0.717, 1.165) is 0 Å². The number of rotatable bonds is 0. The summed E-state index contributed by atoms with van der Waals surface area (Å²) in [7, 11) is 0. The van der Waals surface area contributed by atoms with Crippen molar-refractivity contribution in [3.63, 3.8) is 0 Å². The van der Waals surface area contributed by atoms with E-state index < -0.39 is 12.5 Å². The molecule has 0 unspecified atom stereocenters. The molecule has 0 amide bonds. The van der Waals surface area contributed by atoms with E-state index in [0.29, 0.717) is 6.61 Å². The molecule has 0 aliphatic carbocycles. The lowest BCUT2D eigenvalue weighted by Crippen LogP contribution is -2.34. The first-order valence-corrected chi connectivity index (χ1v) is 2.96. The molecular weight excluding hydrogens is 123 g/mol. The fourth-order valence-corrected chi connectivity index (χ4v) is 1.05. The van der Waals surface area contributed by atoms with Crippen molar-refractivity contribution in [3.8, 4) is 0 Å². The Kier molecular flexibility index (Phi) is 1.07. The Labute approximate surface area is 52.3 Å². The average Bonchev–Trinajstić information content (AvgIpc) is 2.25. The summed E-state index contributed by atoms with van der Waals surface area (Å²) in [6.45, 7) is 0.355. The van der Waals surface area contributed by atoms with Crippen LogP contribution < -0.4 is 0 Å². The number of hydrogen-bond donors (Lipinski definition) is 0. The van der Waals surface area contributed by atoms with Crippen LogP contribution in [0.3, 0.4) is 0 Å². The van der Waals surface area contributed by atoms with Gasteiger partial charge in [0.25, 0.3) is 0 Å². The standard InChI is InChI=1S/C6H7FO2/c7-6-5-2-1-4(9-5)3-8-6/h1-2,4-6H,3H2/t4-,5+,6-/m0/s1. The van der Waals surface area contributed by atoms with Crippen LogP contribution in [0.15, 0.2) is 12.2 Å². The molecule has 1 fully saturated rings. The second-order valence-corrected chi connectivity index (χ2v) is 2.21. The first-order chi connectivity index (χ1) is 4.36. The van der Waals surface area contributed by atoms with Crippen LogP contribution in [0, 0.1) is 0 Å². The SMILES string of the molecule is F[C@H]1OC[C@@H]2C=C[C@H]1O2. The second kappa shape index (κ2) is 1.78. The van der Waals surface area contributed by atoms with Crippen molar-refractivity contribution in [1.82, 2.24) is 0 Å². The third kappa shape index (κ3) is 0.767. The summed E-state index contributed by atoms with van der Waals surface area (Å²) in [6, 6.07) is 0. The quantitative estimate of drug-likeness (QED) is 0.448. The topological polar surface area (TPSA) is 18.5 Å². The Morgan fingerprint density at radius 2 is 2.33 bits per heavy atom. The minimum absolute atomic E-state index is 0.00185. The summed E-state index contributed by atoms with van der Waals surface area (Å²) in [4.78, 5) is 0. The molecular formula is C6H7FO2. The molecule has 0 aromatic heterocycles. The van der Waals surface area contributed by atoms with Gasteiger partial charge in [0.15, 0.2) is 0 Å². The van der Waals surface area contributed by atoms with E-state index >= 15 is 0 Å². The highest BCUT2D eigenvalue weighted by atomic mass is 19.1. The Bertz CT molecular complexity index is 146. The van der Waals surface area contributed by atoms with Crippen molar-refractivity contribution in [2.45, 2.75) is 18.6 Å².